The highest BCUT2D eigenvalue weighted by atomic mass is 19.1. The van der Waals surface area contributed by atoms with Gasteiger partial charge in [-0.3, -0.25) is 0 Å². The van der Waals surface area contributed by atoms with Crippen LogP contribution < -0.4 is 0 Å². The molecule has 2 aliphatic rings. The zero-order valence-corrected chi connectivity index (χ0v) is 10.4. The summed E-state index contributed by atoms with van der Waals surface area (Å²) in [6.07, 6.45) is 3.23. The Bertz CT molecular complexity index is 443. The molecule has 2 fully saturated rings. The van der Waals surface area contributed by atoms with E-state index in [1.165, 1.54) is 12.1 Å². The van der Waals surface area contributed by atoms with Crippen LogP contribution in [0.1, 0.15) is 31.2 Å². The lowest BCUT2D eigenvalue weighted by atomic mass is 9.80. The summed E-state index contributed by atoms with van der Waals surface area (Å²) >= 11 is 0. The van der Waals surface area contributed by atoms with E-state index in [1.807, 2.05) is 0 Å². The molecular formula is C14H17F2NO. The van der Waals surface area contributed by atoms with Crippen LogP contribution in [0.4, 0.5) is 8.78 Å². The predicted molar refractivity (Wildman–Crippen MR) is 64.1 cm³/mol. The molecular weight excluding hydrogens is 236 g/mol. The minimum Gasteiger partial charge on any atom is -0.385 e. The number of piperidine rings is 1. The highest BCUT2D eigenvalue weighted by Crippen LogP contribution is 2.45. The molecule has 98 valence electrons. The number of halogens is 2. The smallest absolute Gasteiger partial charge is 0.126 e. The van der Waals surface area contributed by atoms with E-state index in [4.69, 9.17) is 0 Å². The van der Waals surface area contributed by atoms with Crippen molar-refractivity contribution < 1.29 is 13.9 Å². The standard InChI is InChI=1S/C14H17F2NO/c1-17-12-2-3-13(17)8-14(18,7-12)9-4-10(15)6-11(16)5-9/h4-6,12-13,18H,2-3,7-8H2,1H3. The topological polar surface area (TPSA) is 23.5 Å². The number of fused-ring (bicyclic) bond motifs is 2. The van der Waals surface area contributed by atoms with Crippen molar-refractivity contribution >= 4 is 0 Å². The maximum absolute atomic E-state index is 13.3. The SMILES string of the molecule is CN1C2CCC1CC(O)(c1cc(F)cc(F)c1)C2. The molecule has 2 saturated heterocycles. The first-order valence-electron chi connectivity index (χ1n) is 6.39. The number of benzene rings is 1. The third-order valence-corrected chi connectivity index (χ3v) is 4.53. The summed E-state index contributed by atoms with van der Waals surface area (Å²) in [5.74, 6) is -1.24. The van der Waals surface area contributed by atoms with Gasteiger partial charge < -0.3 is 10.0 Å². The molecule has 4 heteroatoms. The zero-order valence-electron chi connectivity index (χ0n) is 10.4. The van der Waals surface area contributed by atoms with Crippen LogP contribution in [0.5, 0.6) is 0 Å². The van der Waals surface area contributed by atoms with Crippen molar-refractivity contribution in [1.29, 1.82) is 0 Å². The molecule has 0 radical (unpaired) electrons. The first-order valence-corrected chi connectivity index (χ1v) is 6.39. The van der Waals surface area contributed by atoms with Crippen molar-refractivity contribution in [2.75, 3.05) is 7.05 Å². The van der Waals surface area contributed by atoms with E-state index in [2.05, 4.69) is 11.9 Å². The Balaban J connectivity index is 1.96. The van der Waals surface area contributed by atoms with E-state index in [0.29, 0.717) is 30.5 Å². The fraction of sp³-hybridized carbons (Fsp3) is 0.571. The van der Waals surface area contributed by atoms with E-state index in [1.54, 1.807) is 0 Å². The summed E-state index contributed by atoms with van der Waals surface area (Å²) in [5.41, 5.74) is -0.702. The number of nitrogens with zero attached hydrogens (tertiary/aromatic N) is 1. The second-order valence-corrected chi connectivity index (χ2v) is 5.65. The second-order valence-electron chi connectivity index (χ2n) is 5.65. The molecule has 3 rings (SSSR count). The Morgan fingerprint density at radius 2 is 1.61 bits per heavy atom. The van der Waals surface area contributed by atoms with Crippen molar-refractivity contribution in [1.82, 2.24) is 4.90 Å². The highest BCUT2D eigenvalue weighted by molar-refractivity contribution is 5.26. The van der Waals surface area contributed by atoms with Crippen LogP contribution in [0.25, 0.3) is 0 Å². The van der Waals surface area contributed by atoms with Crippen LogP contribution >= 0.6 is 0 Å². The second kappa shape index (κ2) is 4.00. The molecule has 2 atom stereocenters. The summed E-state index contributed by atoms with van der Waals surface area (Å²) in [5, 5.41) is 10.7. The fourth-order valence-corrected chi connectivity index (χ4v) is 3.50. The minimum absolute atomic E-state index is 0.320. The molecule has 0 aliphatic carbocycles. The van der Waals surface area contributed by atoms with Gasteiger partial charge in [0.25, 0.3) is 0 Å². The van der Waals surface area contributed by atoms with Crippen LogP contribution in [0.3, 0.4) is 0 Å². The number of hydrogen-bond acceptors (Lipinski definition) is 2. The molecule has 1 N–H and O–H groups in total. The molecule has 0 spiro atoms. The summed E-state index contributed by atoms with van der Waals surface area (Å²) in [7, 11) is 2.06. The van der Waals surface area contributed by atoms with Crippen LogP contribution in [0.15, 0.2) is 18.2 Å². The van der Waals surface area contributed by atoms with Crippen LogP contribution in [0, 0.1) is 11.6 Å². The monoisotopic (exact) mass is 253 g/mol. The Hall–Kier alpha value is -1.00. The molecule has 2 nitrogen and oxygen atoms in total. The first kappa shape index (κ1) is 12.1. The molecule has 0 aromatic heterocycles. The molecule has 1 aromatic rings. The van der Waals surface area contributed by atoms with Gasteiger partial charge in [0.1, 0.15) is 11.6 Å². The third kappa shape index (κ3) is 1.84. The van der Waals surface area contributed by atoms with Gasteiger partial charge in [0, 0.05) is 18.2 Å². The maximum atomic E-state index is 13.3. The molecule has 18 heavy (non-hydrogen) atoms. The number of hydrogen-bond donors (Lipinski definition) is 1. The molecule has 2 unspecified atom stereocenters. The highest BCUT2D eigenvalue weighted by Gasteiger charge is 2.46. The van der Waals surface area contributed by atoms with E-state index in [-0.39, 0.29) is 0 Å². The summed E-state index contributed by atoms with van der Waals surface area (Å²) in [4.78, 5) is 2.28. The third-order valence-electron chi connectivity index (χ3n) is 4.53. The van der Waals surface area contributed by atoms with E-state index in [9.17, 15) is 13.9 Å². The Kier molecular flexibility index (Phi) is 2.68. The van der Waals surface area contributed by atoms with Gasteiger partial charge in [0.05, 0.1) is 5.60 Å². The molecule has 0 saturated carbocycles. The normalized spacial score (nSPS) is 36.0. The van der Waals surface area contributed by atoms with Gasteiger partial charge in [-0.15, -0.1) is 0 Å². The average molecular weight is 253 g/mol. The van der Waals surface area contributed by atoms with Crippen molar-refractivity contribution in [2.24, 2.45) is 0 Å². The van der Waals surface area contributed by atoms with Crippen molar-refractivity contribution in [3.63, 3.8) is 0 Å². The van der Waals surface area contributed by atoms with Gasteiger partial charge in [0.15, 0.2) is 0 Å². The Morgan fingerprint density at radius 1 is 1.11 bits per heavy atom. The van der Waals surface area contributed by atoms with E-state index >= 15 is 0 Å². The summed E-state index contributed by atoms with van der Waals surface area (Å²) in [6, 6.07) is 4.00. The molecule has 0 amide bonds. The van der Waals surface area contributed by atoms with Crippen LogP contribution in [-0.4, -0.2) is 29.1 Å². The zero-order chi connectivity index (χ0) is 12.9. The van der Waals surface area contributed by atoms with Gasteiger partial charge in [-0.1, -0.05) is 0 Å². The summed E-state index contributed by atoms with van der Waals surface area (Å²) in [6.45, 7) is 0. The number of aliphatic hydroxyl groups is 1. The van der Waals surface area contributed by atoms with Gasteiger partial charge in [0.2, 0.25) is 0 Å². The molecule has 2 aliphatic heterocycles. The largest absolute Gasteiger partial charge is 0.385 e. The van der Waals surface area contributed by atoms with Crippen molar-refractivity contribution in [3.05, 3.63) is 35.4 Å². The van der Waals surface area contributed by atoms with Gasteiger partial charge in [-0.05, 0) is 50.4 Å². The first-order chi connectivity index (χ1) is 8.48. The van der Waals surface area contributed by atoms with E-state index in [0.717, 1.165) is 18.9 Å². The lowest BCUT2D eigenvalue weighted by Gasteiger charge is -2.42. The Morgan fingerprint density at radius 3 is 2.11 bits per heavy atom. The number of rotatable bonds is 1. The minimum atomic E-state index is -1.08. The van der Waals surface area contributed by atoms with Crippen molar-refractivity contribution in [2.45, 2.75) is 43.4 Å². The molecule has 2 heterocycles. The average Bonchev–Trinajstić information content (AvgIpc) is 2.52. The predicted octanol–water partition coefficient (Wildman–Crippen LogP) is 2.41. The quantitative estimate of drug-likeness (QED) is 0.830. The van der Waals surface area contributed by atoms with Crippen LogP contribution in [0.2, 0.25) is 0 Å². The van der Waals surface area contributed by atoms with Crippen LogP contribution in [-0.2, 0) is 5.60 Å². The summed E-state index contributed by atoms with van der Waals surface area (Å²) < 4.78 is 26.6. The lowest BCUT2D eigenvalue weighted by molar-refractivity contribution is -0.0497. The molecule has 1 aromatic carbocycles. The van der Waals surface area contributed by atoms with E-state index < -0.39 is 17.2 Å². The molecule has 2 bridgehead atoms. The lowest BCUT2D eigenvalue weighted by Crippen LogP contribution is -2.47. The van der Waals surface area contributed by atoms with Gasteiger partial charge in [-0.25, -0.2) is 8.78 Å². The van der Waals surface area contributed by atoms with Gasteiger partial charge in [-0.2, -0.15) is 0 Å². The maximum Gasteiger partial charge on any atom is 0.126 e. The van der Waals surface area contributed by atoms with Crippen molar-refractivity contribution in [3.8, 4) is 0 Å². The fourth-order valence-electron chi connectivity index (χ4n) is 3.50. The Labute approximate surface area is 105 Å². The van der Waals surface area contributed by atoms with Gasteiger partial charge >= 0.3 is 0 Å².